The number of benzene rings is 3. The molecule has 1 unspecified atom stereocenters. The molecule has 3 aromatic carbocycles. The van der Waals surface area contributed by atoms with Gasteiger partial charge in [0.25, 0.3) is 0 Å². The van der Waals surface area contributed by atoms with Crippen molar-refractivity contribution >= 4 is 16.7 Å². The van der Waals surface area contributed by atoms with Crippen LogP contribution < -0.4 is 5.32 Å². The van der Waals surface area contributed by atoms with E-state index in [1.165, 1.54) is 12.1 Å². The first kappa shape index (κ1) is 15.2. The lowest BCUT2D eigenvalue weighted by atomic mass is 9.99. The van der Waals surface area contributed by atoms with Gasteiger partial charge >= 0.3 is 0 Å². The number of rotatable bonds is 4. The number of fused-ring (bicyclic) bond motifs is 1. The van der Waals surface area contributed by atoms with E-state index in [0.29, 0.717) is 0 Å². The van der Waals surface area contributed by atoms with Crippen LogP contribution in [0.5, 0.6) is 0 Å². The summed E-state index contributed by atoms with van der Waals surface area (Å²) < 4.78 is 12.9. The Labute approximate surface area is 135 Å². The molecule has 0 heterocycles. The van der Waals surface area contributed by atoms with Crippen molar-refractivity contribution in [3.05, 3.63) is 83.7 Å². The molecule has 1 atom stereocenters. The number of carbonyl (C=O) groups is 1. The van der Waals surface area contributed by atoms with E-state index in [0.717, 1.165) is 21.9 Å². The Kier molecular flexibility index (Phi) is 4.38. The zero-order valence-corrected chi connectivity index (χ0v) is 12.9. The van der Waals surface area contributed by atoms with Gasteiger partial charge in [0.2, 0.25) is 5.91 Å². The van der Waals surface area contributed by atoms with Gasteiger partial charge in [0.1, 0.15) is 5.82 Å². The summed E-state index contributed by atoms with van der Waals surface area (Å²) in [5, 5.41) is 5.32. The average Bonchev–Trinajstić information content (AvgIpc) is 2.56. The Balaban J connectivity index is 1.74. The maximum Gasteiger partial charge on any atom is 0.224 e. The molecule has 0 spiro atoms. The Morgan fingerprint density at radius 3 is 2.48 bits per heavy atom. The summed E-state index contributed by atoms with van der Waals surface area (Å²) in [5.74, 6) is -0.365. The van der Waals surface area contributed by atoms with E-state index in [1.807, 2.05) is 31.2 Å². The number of carbonyl (C=O) groups excluding carboxylic acids is 1. The molecule has 1 amide bonds. The Hall–Kier alpha value is -2.68. The molecule has 2 nitrogen and oxygen atoms in total. The smallest absolute Gasteiger partial charge is 0.224 e. The van der Waals surface area contributed by atoms with Crippen LogP contribution in [0.3, 0.4) is 0 Å². The molecular formula is C20H18FNO. The molecule has 0 saturated heterocycles. The fourth-order valence-electron chi connectivity index (χ4n) is 2.79. The standard InChI is InChI=1S/C20H18FNO/c1-14(18-8-4-6-16-5-2-3-7-19(16)18)22-20(23)13-15-9-11-17(21)12-10-15/h2-12,14H,13H2,1H3,(H,22,23). The van der Waals surface area contributed by atoms with E-state index in [2.05, 4.69) is 23.5 Å². The first-order chi connectivity index (χ1) is 11.1. The van der Waals surface area contributed by atoms with Crippen LogP contribution in [-0.4, -0.2) is 5.91 Å². The zero-order valence-electron chi connectivity index (χ0n) is 12.9. The van der Waals surface area contributed by atoms with Crippen LogP contribution in [-0.2, 0) is 11.2 Å². The molecular weight excluding hydrogens is 289 g/mol. The zero-order chi connectivity index (χ0) is 16.2. The van der Waals surface area contributed by atoms with Crippen LogP contribution in [0, 0.1) is 5.82 Å². The summed E-state index contributed by atoms with van der Waals surface area (Å²) in [6.45, 7) is 1.98. The minimum Gasteiger partial charge on any atom is -0.349 e. The fourth-order valence-corrected chi connectivity index (χ4v) is 2.79. The number of hydrogen-bond donors (Lipinski definition) is 1. The molecule has 0 bridgehead atoms. The van der Waals surface area contributed by atoms with Gasteiger partial charge in [-0.25, -0.2) is 4.39 Å². The number of amides is 1. The van der Waals surface area contributed by atoms with Crippen LogP contribution in [0.2, 0.25) is 0 Å². The van der Waals surface area contributed by atoms with Crippen molar-refractivity contribution in [2.45, 2.75) is 19.4 Å². The molecule has 0 radical (unpaired) electrons. The Bertz CT molecular complexity index is 821. The first-order valence-electron chi connectivity index (χ1n) is 7.65. The maximum absolute atomic E-state index is 12.9. The highest BCUT2D eigenvalue weighted by molar-refractivity contribution is 5.87. The third-order valence-corrected chi connectivity index (χ3v) is 3.95. The number of nitrogens with one attached hydrogen (secondary N) is 1. The SMILES string of the molecule is CC(NC(=O)Cc1ccc(F)cc1)c1cccc2ccccc12. The predicted octanol–water partition coefficient (Wildman–Crippen LogP) is 4.40. The van der Waals surface area contributed by atoms with E-state index in [1.54, 1.807) is 12.1 Å². The molecule has 0 aliphatic heterocycles. The minimum absolute atomic E-state index is 0.0722. The summed E-state index contributed by atoms with van der Waals surface area (Å²) in [7, 11) is 0. The lowest BCUT2D eigenvalue weighted by Gasteiger charge is -2.16. The second kappa shape index (κ2) is 6.61. The van der Waals surface area contributed by atoms with Crippen LogP contribution in [0.1, 0.15) is 24.1 Å². The number of hydrogen-bond acceptors (Lipinski definition) is 1. The highest BCUT2D eigenvalue weighted by Gasteiger charge is 2.12. The lowest BCUT2D eigenvalue weighted by Crippen LogP contribution is -2.28. The van der Waals surface area contributed by atoms with Crippen LogP contribution >= 0.6 is 0 Å². The van der Waals surface area contributed by atoms with Gasteiger partial charge in [-0.1, -0.05) is 54.6 Å². The number of halogens is 1. The predicted molar refractivity (Wildman–Crippen MR) is 90.6 cm³/mol. The first-order valence-corrected chi connectivity index (χ1v) is 7.65. The third kappa shape index (κ3) is 3.57. The van der Waals surface area contributed by atoms with Crippen molar-refractivity contribution < 1.29 is 9.18 Å². The molecule has 0 fully saturated rings. The van der Waals surface area contributed by atoms with E-state index in [-0.39, 0.29) is 24.2 Å². The molecule has 3 heteroatoms. The molecule has 0 aromatic heterocycles. The van der Waals surface area contributed by atoms with Crippen molar-refractivity contribution in [2.24, 2.45) is 0 Å². The molecule has 0 aliphatic carbocycles. The average molecular weight is 307 g/mol. The van der Waals surface area contributed by atoms with Gasteiger partial charge in [0.05, 0.1) is 12.5 Å². The van der Waals surface area contributed by atoms with Crippen LogP contribution in [0.15, 0.2) is 66.7 Å². The lowest BCUT2D eigenvalue weighted by molar-refractivity contribution is -0.121. The fraction of sp³-hybridized carbons (Fsp3) is 0.150. The van der Waals surface area contributed by atoms with Crippen molar-refractivity contribution in [1.82, 2.24) is 5.32 Å². The molecule has 116 valence electrons. The summed E-state index contributed by atoms with van der Waals surface area (Å²) in [4.78, 5) is 12.2. The normalized spacial score (nSPS) is 12.1. The summed E-state index contributed by atoms with van der Waals surface area (Å²) >= 11 is 0. The summed E-state index contributed by atoms with van der Waals surface area (Å²) in [6.07, 6.45) is 0.245. The molecule has 1 N–H and O–H groups in total. The van der Waals surface area contributed by atoms with E-state index >= 15 is 0 Å². The summed E-state index contributed by atoms with van der Waals surface area (Å²) in [6, 6.07) is 20.1. The molecule has 3 rings (SSSR count). The largest absolute Gasteiger partial charge is 0.349 e. The molecule has 23 heavy (non-hydrogen) atoms. The molecule has 0 saturated carbocycles. The third-order valence-electron chi connectivity index (χ3n) is 3.95. The Morgan fingerprint density at radius 1 is 1.00 bits per heavy atom. The van der Waals surface area contributed by atoms with Gasteiger partial charge in [0, 0.05) is 0 Å². The van der Waals surface area contributed by atoms with E-state index in [4.69, 9.17) is 0 Å². The van der Waals surface area contributed by atoms with Crippen molar-refractivity contribution in [2.75, 3.05) is 0 Å². The highest BCUT2D eigenvalue weighted by atomic mass is 19.1. The van der Waals surface area contributed by atoms with Gasteiger partial charge < -0.3 is 5.32 Å². The van der Waals surface area contributed by atoms with Crippen molar-refractivity contribution in [3.8, 4) is 0 Å². The highest BCUT2D eigenvalue weighted by Crippen LogP contribution is 2.24. The Morgan fingerprint density at radius 2 is 1.70 bits per heavy atom. The van der Waals surface area contributed by atoms with Gasteiger partial charge in [-0.2, -0.15) is 0 Å². The van der Waals surface area contributed by atoms with Gasteiger partial charge in [-0.05, 0) is 41.0 Å². The van der Waals surface area contributed by atoms with Crippen LogP contribution in [0.25, 0.3) is 10.8 Å². The van der Waals surface area contributed by atoms with Crippen molar-refractivity contribution in [3.63, 3.8) is 0 Å². The topological polar surface area (TPSA) is 29.1 Å². The van der Waals surface area contributed by atoms with E-state index < -0.39 is 0 Å². The monoisotopic (exact) mass is 307 g/mol. The maximum atomic E-state index is 12.9. The second-order valence-electron chi connectivity index (χ2n) is 5.66. The molecule has 3 aromatic rings. The quantitative estimate of drug-likeness (QED) is 0.760. The van der Waals surface area contributed by atoms with Crippen molar-refractivity contribution in [1.29, 1.82) is 0 Å². The van der Waals surface area contributed by atoms with E-state index in [9.17, 15) is 9.18 Å². The van der Waals surface area contributed by atoms with Gasteiger partial charge in [0.15, 0.2) is 0 Å². The molecule has 0 aliphatic rings. The minimum atomic E-state index is -0.293. The van der Waals surface area contributed by atoms with Gasteiger partial charge in [-0.15, -0.1) is 0 Å². The van der Waals surface area contributed by atoms with Crippen LogP contribution in [0.4, 0.5) is 4.39 Å². The van der Waals surface area contributed by atoms with Gasteiger partial charge in [-0.3, -0.25) is 4.79 Å². The second-order valence-corrected chi connectivity index (χ2v) is 5.66. The summed E-state index contributed by atoms with van der Waals surface area (Å²) in [5.41, 5.74) is 1.89.